The number of hydrogen-bond acceptors (Lipinski definition) is 1. The Balaban J connectivity index is 2.70. The van der Waals surface area contributed by atoms with Crippen LogP contribution in [-0.4, -0.2) is 25.0 Å². The van der Waals surface area contributed by atoms with Gasteiger partial charge in [0.25, 0.3) is 5.11 Å². The van der Waals surface area contributed by atoms with Gasteiger partial charge in [-0.2, -0.15) is 0 Å². The molecule has 0 fully saturated rings. The Labute approximate surface area is 55.2 Å². The molecule has 0 saturated heterocycles. The van der Waals surface area contributed by atoms with E-state index in [2.05, 4.69) is 4.81 Å². The smallest absolute Gasteiger partial charge is 0.289 e. The lowest BCUT2D eigenvalue weighted by atomic mass is 10.4. The van der Waals surface area contributed by atoms with Crippen molar-refractivity contribution in [3.05, 3.63) is 12.4 Å². The molecule has 0 bridgehead atoms. The molecule has 0 amide bonds. The molecule has 8 heavy (non-hydrogen) atoms. The molecule has 1 rings (SSSR count). The molecule has 1 radical (unpaired) electrons. The zero-order chi connectivity index (χ0) is 6.15. The van der Waals surface area contributed by atoms with Gasteiger partial charge in [-0.1, -0.05) is 4.90 Å². The Hall–Kier alpha value is -0.345. The zero-order valence-electron chi connectivity index (χ0n) is 3.96. The lowest BCUT2D eigenvalue weighted by molar-refractivity contribution is 0.839. The highest BCUT2D eigenvalue weighted by Gasteiger charge is 2.18. The standard InChI is InChI=1S/C4H8BN2S/c1-6-2-3-7(5)4(6)8/h2-3H,1,5H3. The van der Waals surface area contributed by atoms with E-state index in [0.717, 1.165) is 5.11 Å². The second-order valence-electron chi connectivity index (χ2n) is 1.32. The predicted molar refractivity (Wildman–Crippen MR) is 41.6 cm³/mol. The largest absolute Gasteiger partial charge is 0.471 e. The van der Waals surface area contributed by atoms with Crippen LogP contribution >= 0.6 is 12.2 Å². The summed E-state index contributed by atoms with van der Waals surface area (Å²) in [5.74, 6) is 0. The molecule has 0 aliphatic carbocycles. The summed E-state index contributed by atoms with van der Waals surface area (Å²) in [6.07, 6.45) is 4.04. The molecule has 1 aliphatic heterocycles. The fraction of sp³-hybridized carbons (Fsp3) is 0.250. The van der Waals surface area contributed by atoms with Gasteiger partial charge in [-0.15, -0.1) is 0 Å². The maximum atomic E-state index is 5.02. The second-order valence-corrected chi connectivity index (χ2v) is 1.69. The minimum Gasteiger partial charge on any atom is -0.471 e. The average molecular weight is 127 g/mol. The van der Waals surface area contributed by atoms with Crippen molar-refractivity contribution in [2.24, 2.45) is 0 Å². The van der Waals surface area contributed by atoms with Crippen LogP contribution in [0.4, 0.5) is 0 Å². The molecule has 0 aromatic heterocycles. The van der Waals surface area contributed by atoms with Gasteiger partial charge in [0.15, 0.2) is 6.20 Å². The predicted octanol–water partition coefficient (Wildman–Crippen LogP) is -0.892. The molecular weight excluding hydrogens is 119 g/mol. The van der Waals surface area contributed by atoms with Gasteiger partial charge >= 0.3 is 0 Å². The Morgan fingerprint density at radius 2 is 2.50 bits per heavy atom. The molecule has 43 valence electrons. The number of hydrogen-bond donors (Lipinski definition) is 0. The average Bonchev–Trinajstić information content (AvgIpc) is 1.98. The lowest BCUT2D eigenvalue weighted by Crippen LogP contribution is -2.30. The number of thiocarbonyl (C=S) groups is 1. The van der Waals surface area contributed by atoms with E-state index in [1.165, 1.54) is 0 Å². The van der Waals surface area contributed by atoms with Crippen LogP contribution in [0.2, 0.25) is 0 Å². The third-order valence-electron chi connectivity index (χ3n) is 0.777. The summed E-state index contributed by atoms with van der Waals surface area (Å²) in [5.41, 5.74) is 0. The van der Waals surface area contributed by atoms with E-state index >= 15 is 0 Å². The van der Waals surface area contributed by atoms with E-state index in [4.69, 9.17) is 12.2 Å². The van der Waals surface area contributed by atoms with Gasteiger partial charge in [-0.3, -0.25) is 0 Å². The van der Waals surface area contributed by atoms with E-state index < -0.39 is 0 Å². The van der Waals surface area contributed by atoms with Crippen LogP contribution in [-0.2, 0) is 0 Å². The van der Waals surface area contributed by atoms with Crippen LogP contribution in [0.15, 0.2) is 12.4 Å². The van der Waals surface area contributed by atoms with Gasteiger partial charge in [0.1, 0.15) is 7.05 Å². The third-order valence-corrected chi connectivity index (χ3v) is 1.17. The molecule has 1 aliphatic rings. The summed E-state index contributed by atoms with van der Waals surface area (Å²) in [4.78, 5) is 4.11. The Morgan fingerprint density at radius 1 is 1.88 bits per heavy atom. The molecule has 4 heteroatoms. The SMILES string of the molecule is [BH3-]N1C=C[N+](C)C1=S. The topological polar surface area (TPSA) is 9.14 Å². The molecule has 0 atom stereocenters. The van der Waals surface area contributed by atoms with E-state index in [1.807, 2.05) is 24.3 Å². The van der Waals surface area contributed by atoms with E-state index in [0.29, 0.717) is 0 Å². The Kier molecular flexibility index (Phi) is 1.36. The Bertz CT molecular complexity index is 131. The summed E-state index contributed by atoms with van der Waals surface area (Å²) in [5, 5.41) is 0.963. The van der Waals surface area contributed by atoms with Gasteiger partial charge in [-0.25, -0.2) is 0 Å². The van der Waals surface area contributed by atoms with Crippen LogP contribution < -0.4 is 4.90 Å². The van der Waals surface area contributed by atoms with Crippen molar-refractivity contribution in [2.75, 3.05) is 7.05 Å². The van der Waals surface area contributed by atoms with Gasteiger partial charge in [0, 0.05) is 18.4 Å². The summed E-state index contributed by atoms with van der Waals surface area (Å²) < 4.78 is 0. The van der Waals surface area contributed by atoms with Crippen LogP contribution in [0.1, 0.15) is 0 Å². The highest BCUT2D eigenvalue weighted by atomic mass is 32.1. The first kappa shape index (κ1) is 5.79. The third kappa shape index (κ3) is 0.765. The maximum Gasteiger partial charge on any atom is 0.289 e. The molecule has 0 N–H and O–H groups in total. The number of rotatable bonds is 0. The summed E-state index contributed by atoms with van der Waals surface area (Å²) in [7, 11) is 2.21. The quantitative estimate of drug-likeness (QED) is 0.237. The highest BCUT2D eigenvalue weighted by Crippen LogP contribution is 1.99. The molecule has 0 unspecified atom stereocenters. The van der Waals surface area contributed by atoms with Gasteiger partial charge in [0.05, 0.1) is 7.98 Å². The molecule has 0 aromatic carbocycles. The maximum absolute atomic E-state index is 5.02. The molecule has 0 saturated carbocycles. The first-order valence-corrected chi connectivity index (χ1v) is 2.36. The summed E-state index contributed by atoms with van der Waals surface area (Å²) in [6.45, 7) is 0. The van der Waals surface area contributed by atoms with Crippen LogP contribution in [0.3, 0.4) is 0 Å². The molecule has 1 heterocycles. The van der Waals surface area contributed by atoms with Crippen LogP contribution in [0.25, 0.3) is 0 Å². The van der Waals surface area contributed by atoms with Crippen LogP contribution in [0.5, 0.6) is 0 Å². The van der Waals surface area contributed by atoms with Crippen molar-refractivity contribution >= 4 is 25.3 Å². The van der Waals surface area contributed by atoms with Crippen LogP contribution in [0, 0.1) is 0 Å². The molecule has 0 aromatic rings. The minimum atomic E-state index is 0.233. The van der Waals surface area contributed by atoms with Crippen molar-refractivity contribution in [1.29, 1.82) is 0 Å². The van der Waals surface area contributed by atoms with Crippen molar-refractivity contribution < 1.29 is 0 Å². The summed E-state index contributed by atoms with van der Waals surface area (Å²) in [6, 6.07) is 0. The second kappa shape index (κ2) is 1.87. The first-order chi connectivity index (χ1) is 3.72. The minimum absolute atomic E-state index is 0.233. The Morgan fingerprint density at radius 3 is 2.62 bits per heavy atom. The fourth-order valence-electron chi connectivity index (χ4n) is 0.352. The molecule has 2 nitrogen and oxygen atoms in total. The van der Waals surface area contributed by atoms with E-state index in [-0.39, 0.29) is 7.98 Å². The van der Waals surface area contributed by atoms with E-state index in [9.17, 15) is 0 Å². The highest BCUT2D eigenvalue weighted by molar-refractivity contribution is 7.80. The van der Waals surface area contributed by atoms with Crippen molar-refractivity contribution in [1.82, 2.24) is 9.71 Å². The molecular formula is C4H8BN2S. The lowest BCUT2D eigenvalue weighted by Gasteiger charge is -2.09. The normalized spacial score (nSPS) is 20.8. The zero-order valence-corrected chi connectivity index (χ0v) is 4.77. The van der Waals surface area contributed by atoms with Gasteiger partial charge < -0.3 is 4.81 Å². The fourth-order valence-corrected chi connectivity index (χ4v) is 0.474. The molecule has 0 spiro atoms. The monoisotopic (exact) mass is 127 g/mol. The number of nitrogens with zero attached hydrogens (tertiary/aromatic N) is 2. The van der Waals surface area contributed by atoms with E-state index in [1.54, 1.807) is 0 Å². The van der Waals surface area contributed by atoms with Crippen molar-refractivity contribution in [3.63, 3.8) is 0 Å². The van der Waals surface area contributed by atoms with Crippen molar-refractivity contribution in [3.8, 4) is 0 Å². The van der Waals surface area contributed by atoms with Gasteiger partial charge in [-0.05, 0) is 0 Å². The summed E-state index contributed by atoms with van der Waals surface area (Å²) >= 11 is 5.02. The van der Waals surface area contributed by atoms with Gasteiger partial charge in [0.2, 0.25) is 0 Å². The van der Waals surface area contributed by atoms with Crippen molar-refractivity contribution in [2.45, 2.75) is 0 Å². The first-order valence-electron chi connectivity index (χ1n) is 1.95.